The number of aromatic amines is 1. The molecule has 0 spiro atoms. The molecule has 0 unspecified atom stereocenters. The fraction of sp³-hybridized carbons (Fsp3) is 0.250. The maximum Gasteiger partial charge on any atom is 0.236 e. The van der Waals surface area contributed by atoms with Crippen molar-refractivity contribution in [2.75, 3.05) is 32.2 Å². The average molecular weight is 444 g/mol. The lowest BCUT2D eigenvalue weighted by atomic mass is 9.95. The van der Waals surface area contributed by atoms with Gasteiger partial charge in [-0.25, -0.2) is 9.97 Å². The molecule has 0 saturated heterocycles. The molecular formula is C24H24N6O3. The van der Waals surface area contributed by atoms with Gasteiger partial charge in [-0.3, -0.25) is 9.89 Å². The van der Waals surface area contributed by atoms with Crippen molar-refractivity contribution in [2.45, 2.75) is 12.3 Å². The average Bonchev–Trinajstić information content (AvgIpc) is 3.37. The number of carbonyl (C=O) groups excluding carboxylic acids is 1. The number of primary amides is 1. The van der Waals surface area contributed by atoms with Crippen molar-refractivity contribution in [2.24, 2.45) is 5.73 Å². The van der Waals surface area contributed by atoms with Gasteiger partial charge in [0.2, 0.25) is 5.91 Å². The van der Waals surface area contributed by atoms with Crippen molar-refractivity contribution in [3.8, 4) is 22.6 Å². The van der Waals surface area contributed by atoms with Gasteiger partial charge in [0.15, 0.2) is 0 Å². The molecule has 33 heavy (non-hydrogen) atoms. The summed E-state index contributed by atoms with van der Waals surface area (Å²) in [5.41, 5.74) is 9.24. The molecule has 1 aliphatic rings. The molecule has 0 aliphatic carbocycles. The summed E-state index contributed by atoms with van der Waals surface area (Å²) in [6.45, 7) is 0.513. The number of methoxy groups -OCH3 is 1. The highest BCUT2D eigenvalue weighted by atomic mass is 16.5. The monoisotopic (exact) mass is 444 g/mol. The van der Waals surface area contributed by atoms with E-state index in [1.54, 1.807) is 25.3 Å². The molecule has 3 heterocycles. The number of nitrogens with zero attached hydrogens (tertiary/aromatic N) is 4. The van der Waals surface area contributed by atoms with E-state index in [1.807, 2.05) is 42.6 Å². The molecule has 168 valence electrons. The third kappa shape index (κ3) is 4.05. The highest BCUT2D eigenvalue weighted by molar-refractivity contribution is 5.94. The van der Waals surface area contributed by atoms with E-state index in [4.69, 9.17) is 25.2 Å². The fourth-order valence-electron chi connectivity index (χ4n) is 4.16. The summed E-state index contributed by atoms with van der Waals surface area (Å²) in [5.74, 6) is 2.48. The van der Waals surface area contributed by atoms with Crippen molar-refractivity contribution in [1.29, 1.82) is 0 Å². The number of H-pyrrole nitrogens is 1. The van der Waals surface area contributed by atoms with Gasteiger partial charge < -0.3 is 20.1 Å². The Morgan fingerprint density at radius 1 is 1.24 bits per heavy atom. The summed E-state index contributed by atoms with van der Waals surface area (Å²) in [5, 5.41) is 7.70. The fourth-order valence-corrected chi connectivity index (χ4v) is 4.16. The van der Waals surface area contributed by atoms with Crippen LogP contribution in [-0.2, 0) is 11.2 Å². The molecule has 2 aromatic heterocycles. The standard InChI is InChI=1S/C24H24N6O3/c1-30(12-22(25)31)24-19-9-14(17-10-26-27-11-17)3-5-20(19)28-23(29-24)16-7-15-8-18(32-2)4-6-21(15)33-13-16/h3-6,8-11,16H,7,12-13H2,1-2H3,(H2,25,31)(H,26,27)/t16-/m0/s1. The van der Waals surface area contributed by atoms with Gasteiger partial charge in [-0.2, -0.15) is 5.10 Å². The molecule has 2 aromatic carbocycles. The summed E-state index contributed by atoms with van der Waals surface area (Å²) in [6, 6.07) is 11.8. The molecule has 1 atom stereocenters. The van der Waals surface area contributed by atoms with E-state index >= 15 is 0 Å². The van der Waals surface area contributed by atoms with Crippen LogP contribution in [0.1, 0.15) is 17.3 Å². The zero-order valence-corrected chi connectivity index (χ0v) is 18.4. The summed E-state index contributed by atoms with van der Waals surface area (Å²) in [7, 11) is 3.45. The van der Waals surface area contributed by atoms with E-state index in [0.717, 1.165) is 45.5 Å². The van der Waals surface area contributed by atoms with E-state index in [9.17, 15) is 4.79 Å². The number of anilines is 1. The first-order chi connectivity index (χ1) is 16.0. The number of carbonyl (C=O) groups is 1. The Kier molecular flexibility index (Phi) is 5.29. The smallest absolute Gasteiger partial charge is 0.236 e. The van der Waals surface area contributed by atoms with Gasteiger partial charge in [-0.15, -0.1) is 0 Å². The molecule has 4 aromatic rings. The van der Waals surface area contributed by atoms with E-state index in [1.165, 1.54) is 0 Å². The number of nitrogens with one attached hydrogen (secondary N) is 1. The number of hydrogen-bond donors (Lipinski definition) is 2. The minimum atomic E-state index is -0.432. The van der Waals surface area contributed by atoms with Gasteiger partial charge in [-0.1, -0.05) is 6.07 Å². The zero-order valence-electron chi connectivity index (χ0n) is 18.4. The molecule has 1 aliphatic heterocycles. The second-order valence-electron chi connectivity index (χ2n) is 8.13. The molecule has 0 bridgehead atoms. The zero-order chi connectivity index (χ0) is 22.9. The summed E-state index contributed by atoms with van der Waals surface area (Å²) < 4.78 is 11.4. The molecule has 1 amide bonds. The maximum absolute atomic E-state index is 11.7. The van der Waals surface area contributed by atoms with Crippen LogP contribution in [0.4, 0.5) is 5.82 Å². The third-order valence-corrected chi connectivity index (χ3v) is 5.82. The third-order valence-electron chi connectivity index (χ3n) is 5.82. The molecule has 5 rings (SSSR count). The first-order valence-corrected chi connectivity index (χ1v) is 10.6. The van der Waals surface area contributed by atoms with E-state index in [0.29, 0.717) is 18.2 Å². The molecule has 0 fully saturated rings. The Balaban J connectivity index is 1.58. The molecule has 9 heteroatoms. The van der Waals surface area contributed by atoms with Crippen molar-refractivity contribution in [1.82, 2.24) is 20.2 Å². The molecule has 0 radical (unpaired) electrons. The van der Waals surface area contributed by atoms with E-state index < -0.39 is 5.91 Å². The maximum atomic E-state index is 11.7. The number of nitrogens with two attached hydrogens (primary N) is 1. The van der Waals surface area contributed by atoms with Crippen LogP contribution in [0, 0.1) is 0 Å². The first kappa shape index (κ1) is 20.7. The van der Waals surface area contributed by atoms with Crippen LogP contribution >= 0.6 is 0 Å². The van der Waals surface area contributed by atoms with Crippen molar-refractivity contribution in [3.05, 3.63) is 60.2 Å². The topological polar surface area (TPSA) is 119 Å². The Labute approximate surface area is 190 Å². The predicted octanol–water partition coefficient (Wildman–Crippen LogP) is 2.67. The number of likely N-dealkylation sites (N-methyl/N-ethyl adjacent to an activating group) is 1. The Morgan fingerprint density at radius 3 is 2.88 bits per heavy atom. The SMILES string of the molecule is COc1ccc2c(c1)C[C@H](c1nc(N(C)CC(N)=O)c3cc(-c4cn[nH]c4)ccc3n1)CO2. The Morgan fingerprint density at radius 2 is 2.12 bits per heavy atom. The highest BCUT2D eigenvalue weighted by Crippen LogP contribution is 2.36. The van der Waals surface area contributed by atoms with Crippen LogP contribution in [0.3, 0.4) is 0 Å². The number of ether oxygens (including phenoxy) is 2. The number of hydrogen-bond acceptors (Lipinski definition) is 7. The van der Waals surface area contributed by atoms with Crippen molar-refractivity contribution in [3.63, 3.8) is 0 Å². The number of amides is 1. The normalized spacial score (nSPS) is 15.0. The lowest BCUT2D eigenvalue weighted by Crippen LogP contribution is -2.32. The lowest BCUT2D eigenvalue weighted by molar-refractivity contribution is -0.116. The highest BCUT2D eigenvalue weighted by Gasteiger charge is 2.26. The quantitative estimate of drug-likeness (QED) is 0.469. The lowest BCUT2D eigenvalue weighted by Gasteiger charge is -2.26. The molecular weight excluding hydrogens is 420 g/mol. The van der Waals surface area contributed by atoms with Crippen molar-refractivity contribution < 1.29 is 14.3 Å². The first-order valence-electron chi connectivity index (χ1n) is 10.6. The van der Waals surface area contributed by atoms with Gasteiger partial charge in [-0.05, 0) is 47.9 Å². The summed E-state index contributed by atoms with van der Waals surface area (Å²) in [4.78, 5) is 23.2. The van der Waals surface area contributed by atoms with E-state index in [2.05, 4.69) is 10.2 Å². The van der Waals surface area contributed by atoms with Crippen LogP contribution in [0.25, 0.3) is 22.0 Å². The molecule has 9 nitrogen and oxygen atoms in total. The van der Waals surface area contributed by atoms with Gasteiger partial charge in [0, 0.05) is 24.2 Å². The van der Waals surface area contributed by atoms with Gasteiger partial charge in [0.25, 0.3) is 0 Å². The Bertz CT molecular complexity index is 1320. The van der Waals surface area contributed by atoms with Crippen LogP contribution in [-0.4, -0.2) is 53.4 Å². The summed E-state index contributed by atoms with van der Waals surface area (Å²) >= 11 is 0. The largest absolute Gasteiger partial charge is 0.497 e. The van der Waals surface area contributed by atoms with E-state index in [-0.39, 0.29) is 12.5 Å². The minimum absolute atomic E-state index is 0.0386. The van der Waals surface area contributed by atoms with Crippen LogP contribution in [0.2, 0.25) is 0 Å². The van der Waals surface area contributed by atoms with Crippen LogP contribution in [0.5, 0.6) is 11.5 Å². The Hall–Kier alpha value is -4.14. The van der Waals surface area contributed by atoms with Crippen molar-refractivity contribution >= 4 is 22.6 Å². The number of benzene rings is 2. The summed E-state index contributed by atoms with van der Waals surface area (Å²) in [6.07, 6.45) is 4.31. The van der Waals surface area contributed by atoms with Crippen LogP contribution in [0.15, 0.2) is 48.8 Å². The number of aromatic nitrogens is 4. The van der Waals surface area contributed by atoms with Crippen LogP contribution < -0.4 is 20.1 Å². The minimum Gasteiger partial charge on any atom is -0.497 e. The number of fused-ring (bicyclic) bond motifs is 2. The van der Waals surface area contributed by atoms with Gasteiger partial charge in [0.05, 0.1) is 37.9 Å². The number of rotatable bonds is 6. The molecule has 0 saturated carbocycles. The predicted molar refractivity (Wildman–Crippen MR) is 125 cm³/mol. The second kappa shape index (κ2) is 8.42. The second-order valence-corrected chi connectivity index (χ2v) is 8.13. The molecule has 3 N–H and O–H groups in total. The van der Waals surface area contributed by atoms with Gasteiger partial charge in [0.1, 0.15) is 23.1 Å². The van der Waals surface area contributed by atoms with Gasteiger partial charge >= 0.3 is 0 Å².